The lowest BCUT2D eigenvalue weighted by atomic mass is 10.0. The molecule has 0 rings (SSSR count). The van der Waals surface area contributed by atoms with Crippen LogP contribution in [0.4, 0.5) is 0 Å². The van der Waals surface area contributed by atoms with Gasteiger partial charge in [-0.1, -0.05) is 328 Å². The van der Waals surface area contributed by atoms with E-state index in [0.717, 1.165) is 57.8 Å². The van der Waals surface area contributed by atoms with E-state index in [2.05, 4.69) is 32.9 Å². The summed E-state index contributed by atoms with van der Waals surface area (Å²) < 4.78 is 16.8. The number of esters is 3. The average Bonchev–Trinajstić information content (AvgIpc) is 3.39. The van der Waals surface area contributed by atoms with Crippen LogP contribution in [-0.2, 0) is 28.6 Å². The highest BCUT2D eigenvalue weighted by molar-refractivity contribution is 5.71. The van der Waals surface area contributed by atoms with Gasteiger partial charge >= 0.3 is 17.9 Å². The van der Waals surface area contributed by atoms with E-state index in [4.69, 9.17) is 14.2 Å². The molecular formula is C67H128O6. The number of rotatable bonds is 62. The molecule has 6 heteroatoms. The van der Waals surface area contributed by atoms with Crippen LogP contribution in [0.1, 0.15) is 380 Å². The van der Waals surface area contributed by atoms with Gasteiger partial charge in [0.1, 0.15) is 13.2 Å². The second kappa shape index (κ2) is 62.7. The summed E-state index contributed by atoms with van der Waals surface area (Å²) in [7, 11) is 0. The fraction of sp³-hybridized carbons (Fsp3) is 0.925. The zero-order valence-electron chi connectivity index (χ0n) is 49.7. The number of allylic oxidation sites excluding steroid dienone is 2. The number of unbranched alkanes of at least 4 members (excludes halogenated alkanes) is 49. The van der Waals surface area contributed by atoms with E-state index in [1.807, 2.05) is 0 Å². The fourth-order valence-electron chi connectivity index (χ4n) is 10.3. The molecule has 0 aliphatic rings. The molecule has 0 heterocycles. The largest absolute Gasteiger partial charge is 0.462 e. The molecule has 0 N–H and O–H groups in total. The van der Waals surface area contributed by atoms with Gasteiger partial charge in [-0.25, -0.2) is 0 Å². The highest BCUT2D eigenvalue weighted by Crippen LogP contribution is 2.18. The predicted octanol–water partition coefficient (Wildman–Crippen LogP) is 22.4. The Morgan fingerprint density at radius 2 is 0.452 bits per heavy atom. The van der Waals surface area contributed by atoms with Crippen molar-refractivity contribution in [2.75, 3.05) is 13.2 Å². The van der Waals surface area contributed by atoms with Crippen molar-refractivity contribution >= 4 is 17.9 Å². The number of ether oxygens (including phenoxy) is 3. The van der Waals surface area contributed by atoms with Crippen LogP contribution >= 0.6 is 0 Å². The highest BCUT2D eigenvalue weighted by Gasteiger charge is 2.19. The first-order valence-electron chi connectivity index (χ1n) is 33.2. The molecule has 0 saturated heterocycles. The van der Waals surface area contributed by atoms with Gasteiger partial charge in [0.25, 0.3) is 0 Å². The van der Waals surface area contributed by atoms with Crippen LogP contribution < -0.4 is 0 Å². The van der Waals surface area contributed by atoms with Gasteiger partial charge < -0.3 is 14.2 Å². The van der Waals surface area contributed by atoms with Crippen LogP contribution in [-0.4, -0.2) is 37.2 Å². The molecule has 0 aliphatic carbocycles. The van der Waals surface area contributed by atoms with Crippen molar-refractivity contribution in [3.8, 4) is 0 Å². The second-order valence-corrected chi connectivity index (χ2v) is 22.7. The summed E-state index contributed by atoms with van der Waals surface area (Å²) in [5.41, 5.74) is 0. The van der Waals surface area contributed by atoms with Gasteiger partial charge in [0.15, 0.2) is 6.10 Å². The molecule has 432 valence electrons. The Kier molecular flexibility index (Phi) is 61.1. The Balaban J connectivity index is 3.99. The summed E-state index contributed by atoms with van der Waals surface area (Å²) in [4.78, 5) is 38.0. The van der Waals surface area contributed by atoms with Crippen molar-refractivity contribution in [3.05, 3.63) is 12.2 Å². The van der Waals surface area contributed by atoms with E-state index < -0.39 is 6.10 Å². The zero-order chi connectivity index (χ0) is 52.9. The summed E-state index contributed by atoms with van der Waals surface area (Å²) in [5, 5.41) is 0. The highest BCUT2D eigenvalue weighted by atomic mass is 16.6. The van der Waals surface area contributed by atoms with Crippen molar-refractivity contribution in [2.45, 2.75) is 386 Å². The maximum Gasteiger partial charge on any atom is 0.306 e. The molecule has 0 aromatic heterocycles. The molecule has 0 radical (unpaired) electrons. The third-order valence-corrected chi connectivity index (χ3v) is 15.3. The lowest BCUT2D eigenvalue weighted by Gasteiger charge is -2.18. The monoisotopic (exact) mass is 1030 g/mol. The fourth-order valence-corrected chi connectivity index (χ4v) is 10.3. The van der Waals surface area contributed by atoms with Crippen LogP contribution in [0.25, 0.3) is 0 Å². The predicted molar refractivity (Wildman–Crippen MR) is 317 cm³/mol. The summed E-state index contributed by atoms with van der Waals surface area (Å²) in [6.45, 7) is 6.66. The normalized spacial score (nSPS) is 12.0. The second-order valence-electron chi connectivity index (χ2n) is 22.7. The summed E-state index contributed by atoms with van der Waals surface area (Å²) >= 11 is 0. The van der Waals surface area contributed by atoms with Crippen molar-refractivity contribution in [1.29, 1.82) is 0 Å². The minimum atomic E-state index is -0.763. The van der Waals surface area contributed by atoms with E-state index in [1.54, 1.807) is 0 Å². The Bertz CT molecular complexity index is 1130. The molecule has 0 bridgehead atoms. The first kappa shape index (κ1) is 71.2. The van der Waals surface area contributed by atoms with E-state index in [-0.39, 0.29) is 31.1 Å². The molecule has 0 aliphatic heterocycles. The lowest BCUT2D eigenvalue weighted by Crippen LogP contribution is -2.30. The molecule has 73 heavy (non-hydrogen) atoms. The van der Waals surface area contributed by atoms with Gasteiger partial charge in [-0.05, 0) is 44.9 Å². The Morgan fingerprint density at radius 3 is 0.685 bits per heavy atom. The van der Waals surface area contributed by atoms with Crippen LogP contribution in [0.2, 0.25) is 0 Å². The van der Waals surface area contributed by atoms with Crippen molar-refractivity contribution < 1.29 is 28.6 Å². The number of carbonyl (C=O) groups is 3. The molecule has 6 nitrogen and oxygen atoms in total. The summed E-state index contributed by atoms with van der Waals surface area (Å²) in [6, 6.07) is 0. The van der Waals surface area contributed by atoms with Crippen molar-refractivity contribution in [2.24, 2.45) is 0 Å². The zero-order valence-corrected chi connectivity index (χ0v) is 49.7. The van der Waals surface area contributed by atoms with Gasteiger partial charge in [0.2, 0.25) is 0 Å². The maximum atomic E-state index is 12.8. The van der Waals surface area contributed by atoms with E-state index in [1.165, 1.54) is 283 Å². The summed E-state index contributed by atoms with van der Waals surface area (Å²) in [5.74, 6) is -0.845. The SMILES string of the molecule is CCCCCCCCCC/C=C\CCCCCCCCCCCCCCCCCC(=O)OCC(COC(=O)CCCCCCCC)OC(=O)CCCCCCCCCCCCCCCCCCCCCCCC. The molecule has 0 fully saturated rings. The van der Waals surface area contributed by atoms with E-state index in [9.17, 15) is 14.4 Å². The average molecular weight is 1030 g/mol. The minimum absolute atomic E-state index is 0.0639. The van der Waals surface area contributed by atoms with Crippen molar-refractivity contribution in [3.63, 3.8) is 0 Å². The van der Waals surface area contributed by atoms with Crippen LogP contribution in [0.3, 0.4) is 0 Å². The number of hydrogen-bond donors (Lipinski definition) is 0. The molecule has 0 amide bonds. The molecular weight excluding hydrogens is 901 g/mol. The molecule has 1 atom stereocenters. The molecule has 0 spiro atoms. The molecule has 0 aromatic carbocycles. The third-order valence-electron chi connectivity index (χ3n) is 15.3. The summed E-state index contributed by atoms with van der Waals surface area (Å²) in [6.07, 6.45) is 74.2. The van der Waals surface area contributed by atoms with E-state index in [0.29, 0.717) is 19.3 Å². The Morgan fingerprint density at radius 1 is 0.260 bits per heavy atom. The van der Waals surface area contributed by atoms with Crippen LogP contribution in [0.5, 0.6) is 0 Å². The molecule has 0 saturated carbocycles. The maximum absolute atomic E-state index is 12.8. The smallest absolute Gasteiger partial charge is 0.306 e. The Labute approximate surface area is 456 Å². The van der Waals surface area contributed by atoms with Gasteiger partial charge in [0.05, 0.1) is 0 Å². The van der Waals surface area contributed by atoms with Gasteiger partial charge in [-0.2, -0.15) is 0 Å². The quantitative estimate of drug-likeness (QED) is 0.0261. The number of hydrogen-bond acceptors (Lipinski definition) is 6. The third kappa shape index (κ3) is 60.9. The van der Waals surface area contributed by atoms with E-state index >= 15 is 0 Å². The van der Waals surface area contributed by atoms with Gasteiger partial charge in [-0.15, -0.1) is 0 Å². The first-order chi connectivity index (χ1) is 36.0. The van der Waals surface area contributed by atoms with Crippen LogP contribution in [0, 0.1) is 0 Å². The van der Waals surface area contributed by atoms with Crippen LogP contribution in [0.15, 0.2) is 12.2 Å². The van der Waals surface area contributed by atoms with Gasteiger partial charge in [0, 0.05) is 19.3 Å². The van der Waals surface area contributed by atoms with Crippen molar-refractivity contribution in [1.82, 2.24) is 0 Å². The minimum Gasteiger partial charge on any atom is -0.462 e. The standard InChI is InChI=1S/C67H128O6/c1-4-7-10-13-16-18-20-22-24-26-28-30-32-33-34-35-36-38-39-41-43-45-47-49-51-54-57-60-66(69)72-63-64(62-71-65(68)59-56-53-15-12-9-6-3)73-67(70)61-58-55-52-50-48-46-44-42-40-37-31-29-27-25-23-21-19-17-14-11-8-5-2/h26,28,64H,4-25,27,29-63H2,1-3H3/b28-26-. The Hall–Kier alpha value is -1.85. The van der Waals surface area contributed by atoms with Gasteiger partial charge in [-0.3, -0.25) is 14.4 Å². The molecule has 0 aromatic rings. The number of carbonyl (C=O) groups excluding carboxylic acids is 3. The topological polar surface area (TPSA) is 78.9 Å². The molecule has 1 unspecified atom stereocenters. The first-order valence-corrected chi connectivity index (χ1v) is 33.2. The lowest BCUT2D eigenvalue weighted by molar-refractivity contribution is -0.167.